The first-order valence-electron chi connectivity index (χ1n) is 7.15. The first-order chi connectivity index (χ1) is 10.6. The monoisotopic (exact) mass is 419 g/mol. The minimum Gasteiger partial charge on any atom is -0.355 e. The molecule has 3 nitrogen and oxygen atoms in total. The molecule has 1 unspecified atom stereocenters. The average molecular weight is 421 g/mol. The molecule has 2 aromatic rings. The van der Waals surface area contributed by atoms with Crippen LogP contribution in [0.2, 0.25) is 5.02 Å². The Labute approximate surface area is 154 Å². The van der Waals surface area contributed by atoms with E-state index >= 15 is 0 Å². The summed E-state index contributed by atoms with van der Waals surface area (Å²) >= 11 is 9.45. The van der Waals surface area contributed by atoms with Crippen LogP contribution in [0.3, 0.4) is 0 Å². The van der Waals surface area contributed by atoms with E-state index in [1.807, 2.05) is 18.3 Å². The average Bonchev–Trinajstić information content (AvgIpc) is 2.96. The Kier molecular flexibility index (Phi) is 6.65. The van der Waals surface area contributed by atoms with Crippen LogP contribution in [-0.2, 0) is 6.54 Å². The molecule has 1 saturated heterocycles. The lowest BCUT2D eigenvalue weighted by Crippen LogP contribution is -2.32. The number of nitrogens with zero attached hydrogens (tertiary/aromatic N) is 2. The molecule has 3 rings (SSSR count). The Morgan fingerprint density at radius 2 is 2.17 bits per heavy atom. The van der Waals surface area contributed by atoms with E-state index in [-0.39, 0.29) is 18.2 Å². The second kappa shape index (κ2) is 8.29. The summed E-state index contributed by atoms with van der Waals surface area (Å²) in [5, 5.41) is 3.95. The predicted molar refractivity (Wildman–Crippen MR) is 98.1 cm³/mol. The van der Waals surface area contributed by atoms with Crippen LogP contribution < -0.4 is 10.2 Å². The number of halogens is 4. The molecule has 1 atom stereocenters. The highest BCUT2D eigenvalue weighted by Crippen LogP contribution is 2.21. The minimum atomic E-state index is -0.304. The fourth-order valence-corrected chi connectivity index (χ4v) is 3.08. The van der Waals surface area contributed by atoms with Crippen molar-refractivity contribution in [2.45, 2.75) is 19.0 Å². The van der Waals surface area contributed by atoms with Crippen molar-refractivity contribution in [3.63, 3.8) is 0 Å². The number of aromatic nitrogens is 1. The number of nitrogens with one attached hydrogen (secondary N) is 1. The second-order valence-electron chi connectivity index (χ2n) is 5.38. The van der Waals surface area contributed by atoms with E-state index in [4.69, 9.17) is 11.6 Å². The number of rotatable bonds is 4. The Morgan fingerprint density at radius 1 is 1.35 bits per heavy atom. The van der Waals surface area contributed by atoms with Gasteiger partial charge in [0.05, 0.1) is 0 Å². The van der Waals surface area contributed by atoms with Gasteiger partial charge >= 0.3 is 0 Å². The first-order valence-corrected chi connectivity index (χ1v) is 8.33. The fourth-order valence-electron chi connectivity index (χ4n) is 2.61. The Morgan fingerprint density at radius 3 is 2.87 bits per heavy atom. The fraction of sp³-hybridized carbons (Fsp3) is 0.312. The highest BCUT2D eigenvalue weighted by Gasteiger charge is 2.23. The summed E-state index contributed by atoms with van der Waals surface area (Å²) in [6, 6.07) is 8.92. The van der Waals surface area contributed by atoms with E-state index in [0.29, 0.717) is 17.6 Å². The van der Waals surface area contributed by atoms with Crippen LogP contribution in [0.5, 0.6) is 0 Å². The van der Waals surface area contributed by atoms with Gasteiger partial charge in [-0.2, -0.15) is 0 Å². The van der Waals surface area contributed by atoms with Crippen LogP contribution >= 0.6 is 39.9 Å². The molecular formula is C16H17BrCl2FN3. The van der Waals surface area contributed by atoms with Gasteiger partial charge in [-0.25, -0.2) is 9.37 Å². The summed E-state index contributed by atoms with van der Waals surface area (Å²) < 4.78 is 14.0. The lowest BCUT2D eigenvalue weighted by atomic mass is 10.2. The van der Waals surface area contributed by atoms with Gasteiger partial charge in [-0.15, -0.1) is 12.4 Å². The summed E-state index contributed by atoms with van der Waals surface area (Å²) in [4.78, 5) is 6.69. The smallest absolute Gasteiger partial charge is 0.128 e. The van der Waals surface area contributed by atoms with E-state index in [1.54, 1.807) is 6.07 Å². The number of benzene rings is 1. The molecule has 1 aliphatic rings. The van der Waals surface area contributed by atoms with Crippen molar-refractivity contribution in [2.24, 2.45) is 0 Å². The van der Waals surface area contributed by atoms with Gasteiger partial charge < -0.3 is 10.2 Å². The molecule has 23 heavy (non-hydrogen) atoms. The molecular weight excluding hydrogens is 404 g/mol. The molecule has 0 aliphatic carbocycles. The van der Waals surface area contributed by atoms with Gasteiger partial charge in [-0.3, -0.25) is 0 Å². The largest absolute Gasteiger partial charge is 0.355 e. The van der Waals surface area contributed by atoms with Gasteiger partial charge in [-0.1, -0.05) is 17.7 Å². The number of anilines is 1. The van der Waals surface area contributed by atoms with Crippen LogP contribution in [0.1, 0.15) is 12.0 Å². The van der Waals surface area contributed by atoms with Gasteiger partial charge in [0, 0.05) is 41.4 Å². The lowest BCUT2D eigenvalue weighted by molar-refractivity contribution is 0.550. The van der Waals surface area contributed by atoms with Crippen molar-refractivity contribution >= 4 is 45.8 Å². The maximum Gasteiger partial charge on any atom is 0.128 e. The first kappa shape index (κ1) is 18.5. The normalized spacial score (nSPS) is 17.2. The van der Waals surface area contributed by atoms with Crippen molar-refractivity contribution in [3.05, 3.63) is 57.4 Å². The number of hydrogen-bond acceptors (Lipinski definition) is 3. The summed E-state index contributed by atoms with van der Waals surface area (Å²) in [6.07, 6.45) is 2.87. The van der Waals surface area contributed by atoms with E-state index in [1.165, 1.54) is 12.1 Å². The maximum absolute atomic E-state index is 13.0. The molecule has 1 aliphatic heterocycles. The number of hydrogen-bond donors (Lipinski definition) is 1. The molecule has 7 heteroatoms. The van der Waals surface area contributed by atoms with Crippen molar-refractivity contribution in [3.8, 4) is 0 Å². The van der Waals surface area contributed by atoms with E-state index in [2.05, 4.69) is 31.1 Å². The molecule has 124 valence electrons. The topological polar surface area (TPSA) is 28.2 Å². The predicted octanol–water partition coefficient (Wildman–Crippen LogP) is 4.43. The van der Waals surface area contributed by atoms with Crippen molar-refractivity contribution in [1.82, 2.24) is 10.3 Å². The Hall–Kier alpha value is -0.880. The maximum atomic E-state index is 13.0. The zero-order valence-corrected chi connectivity index (χ0v) is 15.5. The molecule has 2 heterocycles. The quantitative estimate of drug-likeness (QED) is 0.792. The van der Waals surface area contributed by atoms with Gasteiger partial charge in [0.2, 0.25) is 0 Å². The molecule has 0 saturated carbocycles. The molecule has 0 bridgehead atoms. The van der Waals surface area contributed by atoms with Crippen LogP contribution in [0, 0.1) is 5.82 Å². The van der Waals surface area contributed by atoms with E-state index in [0.717, 1.165) is 35.4 Å². The molecule has 0 spiro atoms. The van der Waals surface area contributed by atoms with E-state index < -0.39 is 0 Å². The van der Waals surface area contributed by atoms with Gasteiger partial charge in [0.1, 0.15) is 11.6 Å². The van der Waals surface area contributed by atoms with Crippen LogP contribution in [0.15, 0.2) is 41.0 Å². The van der Waals surface area contributed by atoms with Gasteiger partial charge in [0.15, 0.2) is 0 Å². The standard InChI is InChI=1S/C16H16BrClFN3.ClH/c17-12-2-4-16(21-9-12)22-6-5-14(10-22)20-8-11-1-3-13(19)7-15(11)18;/h1-4,7,9,14,20H,5-6,8,10H2;1H. The van der Waals surface area contributed by atoms with Gasteiger partial charge in [0.25, 0.3) is 0 Å². The third-order valence-electron chi connectivity index (χ3n) is 3.82. The summed E-state index contributed by atoms with van der Waals surface area (Å²) in [7, 11) is 0. The highest BCUT2D eigenvalue weighted by atomic mass is 79.9. The van der Waals surface area contributed by atoms with Crippen molar-refractivity contribution in [2.75, 3.05) is 18.0 Å². The zero-order chi connectivity index (χ0) is 15.5. The summed E-state index contributed by atoms with van der Waals surface area (Å²) in [6.45, 7) is 2.53. The van der Waals surface area contributed by atoms with E-state index in [9.17, 15) is 4.39 Å². The van der Waals surface area contributed by atoms with Crippen LogP contribution in [0.25, 0.3) is 0 Å². The molecule has 1 fully saturated rings. The minimum absolute atomic E-state index is 0. The Balaban J connectivity index is 0.00000192. The molecule has 0 radical (unpaired) electrons. The Bertz CT molecular complexity index is 654. The van der Waals surface area contributed by atoms with Crippen LogP contribution in [0.4, 0.5) is 10.2 Å². The second-order valence-corrected chi connectivity index (χ2v) is 6.71. The molecule has 1 aromatic carbocycles. The summed E-state index contributed by atoms with van der Waals surface area (Å²) in [5.41, 5.74) is 0.920. The van der Waals surface area contributed by atoms with Crippen molar-refractivity contribution < 1.29 is 4.39 Å². The third-order valence-corrected chi connectivity index (χ3v) is 4.64. The van der Waals surface area contributed by atoms with Crippen LogP contribution in [-0.4, -0.2) is 24.1 Å². The lowest BCUT2D eigenvalue weighted by Gasteiger charge is -2.18. The van der Waals surface area contributed by atoms with Crippen molar-refractivity contribution in [1.29, 1.82) is 0 Å². The summed E-state index contributed by atoms with van der Waals surface area (Å²) in [5.74, 6) is 0.689. The third kappa shape index (κ3) is 4.80. The molecule has 1 aromatic heterocycles. The highest BCUT2D eigenvalue weighted by molar-refractivity contribution is 9.10. The number of pyridine rings is 1. The van der Waals surface area contributed by atoms with Gasteiger partial charge in [-0.05, 0) is 52.2 Å². The zero-order valence-electron chi connectivity index (χ0n) is 12.3. The molecule has 1 N–H and O–H groups in total. The SMILES string of the molecule is Cl.Fc1ccc(CNC2CCN(c3ccc(Br)cn3)C2)c(Cl)c1. The molecule has 0 amide bonds.